The van der Waals surface area contributed by atoms with Gasteiger partial charge in [-0.05, 0) is 0 Å². The first kappa shape index (κ1) is 8.25. The Labute approximate surface area is 76.5 Å². The molecule has 0 radical (unpaired) electrons. The van der Waals surface area contributed by atoms with E-state index >= 15 is 0 Å². The minimum absolute atomic E-state index is 0.271. The Kier molecular flexibility index (Phi) is 2.02. The van der Waals surface area contributed by atoms with E-state index in [1.54, 1.807) is 19.5 Å². The minimum atomic E-state index is 0.271. The van der Waals surface area contributed by atoms with Crippen molar-refractivity contribution in [2.75, 3.05) is 25.1 Å². The fraction of sp³-hybridized carbons (Fsp3) is 0.500. The molecule has 0 bridgehead atoms. The van der Waals surface area contributed by atoms with E-state index in [9.17, 15) is 0 Å². The van der Waals surface area contributed by atoms with Crippen LogP contribution in [-0.4, -0.2) is 36.2 Å². The zero-order valence-electron chi connectivity index (χ0n) is 7.47. The number of nitrogens with zero attached hydrogens (tertiary/aromatic N) is 3. The highest BCUT2D eigenvalue weighted by Crippen LogP contribution is 2.18. The van der Waals surface area contributed by atoms with Gasteiger partial charge in [0, 0.05) is 19.1 Å². The third-order valence-electron chi connectivity index (χ3n) is 2.04. The molecule has 0 aromatic carbocycles. The number of hydrogen-bond acceptors (Lipinski definition) is 5. The van der Waals surface area contributed by atoms with Crippen LogP contribution in [0.25, 0.3) is 0 Å². The van der Waals surface area contributed by atoms with E-state index in [2.05, 4.69) is 14.9 Å². The van der Waals surface area contributed by atoms with Gasteiger partial charge in [-0.25, -0.2) is 0 Å². The molecule has 1 fully saturated rings. The van der Waals surface area contributed by atoms with Gasteiger partial charge in [-0.15, -0.1) is 0 Å². The van der Waals surface area contributed by atoms with Gasteiger partial charge in [-0.3, -0.25) is 4.98 Å². The summed E-state index contributed by atoms with van der Waals surface area (Å²) < 4.78 is 4.97. The lowest BCUT2D eigenvalue weighted by Gasteiger charge is -2.37. The van der Waals surface area contributed by atoms with Gasteiger partial charge in [0.1, 0.15) is 0 Å². The number of methoxy groups -OCH3 is 1. The van der Waals surface area contributed by atoms with Crippen molar-refractivity contribution in [3.63, 3.8) is 0 Å². The predicted octanol–water partition coefficient (Wildman–Crippen LogP) is -0.368. The molecule has 0 amide bonds. The van der Waals surface area contributed by atoms with Crippen LogP contribution in [0.5, 0.6) is 5.88 Å². The van der Waals surface area contributed by atoms with Crippen molar-refractivity contribution in [1.82, 2.24) is 9.97 Å². The lowest BCUT2D eigenvalue weighted by Crippen LogP contribution is -2.56. The summed E-state index contributed by atoms with van der Waals surface area (Å²) in [6, 6.07) is 0.271. The van der Waals surface area contributed by atoms with Crippen LogP contribution in [0.4, 0.5) is 5.82 Å². The van der Waals surface area contributed by atoms with Gasteiger partial charge in [-0.2, -0.15) is 4.98 Å². The zero-order chi connectivity index (χ0) is 9.26. The summed E-state index contributed by atoms with van der Waals surface area (Å²) >= 11 is 0. The maximum absolute atomic E-state index is 5.66. The maximum atomic E-state index is 5.66. The second-order valence-electron chi connectivity index (χ2n) is 3.08. The van der Waals surface area contributed by atoms with Gasteiger partial charge in [0.25, 0.3) is 0 Å². The van der Waals surface area contributed by atoms with Crippen LogP contribution in [0.2, 0.25) is 0 Å². The Morgan fingerprint density at radius 1 is 1.54 bits per heavy atom. The molecular formula is C8H12N4O. The van der Waals surface area contributed by atoms with Crippen LogP contribution in [0.3, 0.4) is 0 Å². The third-order valence-corrected chi connectivity index (χ3v) is 2.04. The molecule has 1 aliphatic rings. The number of nitrogens with two attached hydrogens (primary N) is 1. The molecule has 1 aromatic rings. The Morgan fingerprint density at radius 2 is 2.31 bits per heavy atom. The highest BCUT2D eigenvalue weighted by atomic mass is 16.5. The molecule has 0 aliphatic carbocycles. The van der Waals surface area contributed by atoms with Crippen LogP contribution in [0.1, 0.15) is 0 Å². The second kappa shape index (κ2) is 3.18. The Hall–Kier alpha value is -1.36. The summed E-state index contributed by atoms with van der Waals surface area (Å²) in [5.74, 6) is 1.37. The predicted molar refractivity (Wildman–Crippen MR) is 48.8 cm³/mol. The van der Waals surface area contributed by atoms with E-state index in [1.807, 2.05) is 0 Å². The Morgan fingerprint density at radius 3 is 2.92 bits per heavy atom. The molecule has 5 nitrogen and oxygen atoms in total. The van der Waals surface area contributed by atoms with E-state index in [1.165, 1.54) is 0 Å². The van der Waals surface area contributed by atoms with Crippen LogP contribution in [0, 0.1) is 0 Å². The average Bonchev–Trinajstić information content (AvgIpc) is 2.13. The lowest BCUT2D eigenvalue weighted by atomic mass is 10.1. The average molecular weight is 180 g/mol. The van der Waals surface area contributed by atoms with Crippen molar-refractivity contribution in [2.24, 2.45) is 5.73 Å². The molecule has 5 heteroatoms. The summed E-state index contributed by atoms with van der Waals surface area (Å²) in [5, 5.41) is 0. The van der Waals surface area contributed by atoms with Crippen LogP contribution in [-0.2, 0) is 0 Å². The number of rotatable bonds is 2. The first-order valence-corrected chi connectivity index (χ1v) is 4.16. The van der Waals surface area contributed by atoms with E-state index in [0.29, 0.717) is 5.88 Å². The molecule has 1 saturated heterocycles. The number of ether oxygens (including phenoxy) is 1. The summed E-state index contributed by atoms with van der Waals surface area (Å²) in [4.78, 5) is 10.3. The van der Waals surface area contributed by atoms with Gasteiger partial charge in [0.2, 0.25) is 5.88 Å². The summed E-state index contributed by atoms with van der Waals surface area (Å²) in [7, 11) is 1.58. The largest absolute Gasteiger partial charge is 0.480 e. The fourth-order valence-electron chi connectivity index (χ4n) is 1.29. The van der Waals surface area contributed by atoms with Gasteiger partial charge in [0.15, 0.2) is 5.82 Å². The van der Waals surface area contributed by atoms with E-state index in [4.69, 9.17) is 10.5 Å². The molecule has 0 spiro atoms. The van der Waals surface area contributed by atoms with E-state index in [0.717, 1.165) is 18.9 Å². The molecule has 1 aromatic heterocycles. The van der Waals surface area contributed by atoms with Gasteiger partial charge >= 0.3 is 0 Å². The molecule has 2 rings (SSSR count). The van der Waals surface area contributed by atoms with Gasteiger partial charge in [0.05, 0.1) is 19.5 Å². The van der Waals surface area contributed by atoms with Crippen molar-refractivity contribution in [1.29, 1.82) is 0 Å². The monoisotopic (exact) mass is 180 g/mol. The Balaban J connectivity index is 2.12. The highest BCUT2D eigenvalue weighted by Gasteiger charge is 2.24. The van der Waals surface area contributed by atoms with E-state index < -0.39 is 0 Å². The van der Waals surface area contributed by atoms with Gasteiger partial charge in [-0.1, -0.05) is 0 Å². The second-order valence-corrected chi connectivity index (χ2v) is 3.08. The zero-order valence-corrected chi connectivity index (χ0v) is 7.47. The molecule has 70 valence electrons. The van der Waals surface area contributed by atoms with Crippen molar-refractivity contribution in [3.05, 3.63) is 12.4 Å². The summed E-state index contributed by atoms with van der Waals surface area (Å²) in [6.07, 6.45) is 3.30. The lowest BCUT2D eigenvalue weighted by molar-refractivity contribution is 0.394. The van der Waals surface area contributed by atoms with Crippen LogP contribution >= 0.6 is 0 Å². The molecular weight excluding hydrogens is 168 g/mol. The van der Waals surface area contributed by atoms with Crippen molar-refractivity contribution in [3.8, 4) is 5.88 Å². The first-order valence-electron chi connectivity index (χ1n) is 4.16. The smallest absolute Gasteiger partial charge is 0.233 e. The number of hydrogen-bond donors (Lipinski definition) is 1. The summed E-state index contributed by atoms with van der Waals surface area (Å²) in [6.45, 7) is 1.70. The van der Waals surface area contributed by atoms with E-state index in [-0.39, 0.29) is 6.04 Å². The van der Waals surface area contributed by atoms with Crippen molar-refractivity contribution < 1.29 is 4.74 Å². The number of aromatic nitrogens is 2. The highest BCUT2D eigenvalue weighted by molar-refractivity contribution is 5.41. The van der Waals surface area contributed by atoms with Crippen molar-refractivity contribution in [2.45, 2.75) is 6.04 Å². The quantitative estimate of drug-likeness (QED) is 0.673. The standard InChI is InChI=1S/C8H12N4O/c1-13-8-3-10-2-7(11-8)12-4-6(9)5-12/h2-3,6H,4-5,9H2,1H3. The van der Waals surface area contributed by atoms with Crippen molar-refractivity contribution >= 4 is 5.82 Å². The molecule has 2 heterocycles. The SMILES string of the molecule is COc1cncc(N2CC(N)C2)n1. The molecule has 0 saturated carbocycles. The molecule has 0 atom stereocenters. The third kappa shape index (κ3) is 1.55. The topological polar surface area (TPSA) is 64.3 Å². The molecule has 2 N–H and O–H groups in total. The molecule has 13 heavy (non-hydrogen) atoms. The summed E-state index contributed by atoms with van der Waals surface area (Å²) in [5.41, 5.74) is 5.66. The van der Waals surface area contributed by atoms with Crippen LogP contribution in [0.15, 0.2) is 12.4 Å². The normalized spacial score (nSPS) is 16.9. The first-order chi connectivity index (χ1) is 6.29. The molecule has 1 aliphatic heterocycles. The molecule has 0 unspecified atom stereocenters. The fourth-order valence-corrected chi connectivity index (χ4v) is 1.29. The van der Waals surface area contributed by atoms with Gasteiger partial charge < -0.3 is 15.4 Å². The maximum Gasteiger partial charge on any atom is 0.233 e. The van der Waals surface area contributed by atoms with Crippen LogP contribution < -0.4 is 15.4 Å². The number of anilines is 1. The Bertz CT molecular complexity index is 298. The minimum Gasteiger partial charge on any atom is -0.480 e.